The third-order valence-electron chi connectivity index (χ3n) is 4.25. The monoisotopic (exact) mass is 348 g/mol. The lowest BCUT2D eigenvalue weighted by molar-refractivity contribution is 0.838. The summed E-state index contributed by atoms with van der Waals surface area (Å²) in [5.74, 6) is 1.71. The van der Waals surface area contributed by atoms with Crippen LogP contribution in [0.1, 0.15) is 30.9 Å². The minimum absolute atomic E-state index is 0.415. The molecule has 6 nitrogen and oxygen atoms in total. The molecule has 0 saturated heterocycles. The Hall–Kier alpha value is -3.02. The van der Waals surface area contributed by atoms with Crippen molar-refractivity contribution in [2.45, 2.75) is 26.2 Å². The maximum Gasteiger partial charge on any atom is 0.249 e. The number of anilines is 3. The summed E-state index contributed by atoms with van der Waals surface area (Å²) in [5, 5.41) is 11.5. The van der Waals surface area contributed by atoms with Crippen molar-refractivity contribution in [1.29, 1.82) is 0 Å². The zero-order valence-corrected chi connectivity index (χ0v) is 15.4. The Morgan fingerprint density at radius 1 is 1.08 bits per heavy atom. The summed E-state index contributed by atoms with van der Waals surface area (Å²) in [6.45, 7) is 5.18. The Morgan fingerprint density at radius 3 is 2.62 bits per heavy atom. The van der Waals surface area contributed by atoms with Crippen LogP contribution in [-0.4, -0.2) is 33.8 Å². The summed E-state index contributed by atoms with van der Waals surface area (Å²) in [7, 11) is 2.01. The van der Waals surface area contributed by atoms with Gasteiger partial charge in [0.15, 0.2) is 5.82 Å². The smallest absolute Gasteiger partial charge is 0.249 e. The normalized spacial score (nSPS) is 10.8. The quantitative estimate of drug-likeness (QED) is 0.700. The highest BCUT2D eigenvalue weighted by molar-refractivity contribution is 5.60. The Balaban J connectivity index is 1.70. The molecule has 3 aromatic rings. The lowest BCUT2D eigenvalue weighted by atomic mass is 10.0. The summed E-state index contributed by atoms with van der Waals surface area (Å²) in [4.78, 5) is 10.7. The lowest BCUT2D eigenvalue weighted by Gasteiger charge is -2.18. The van der Waals surface area contributed by atoms with Gasteiger partial charge in [-0.25, -0.2) is 0 Å². The summed E-state index contributed by atoms with van der Waals surface area (Å²) in [6.07, 6.45) is 6.24. The highest BCUT2D eigenvalue weighted by Crippen LogP contribution is 2.25. The van der Waals surface area contributed by atoms with Gasteiger partial charge in [0.2, 0.25) is 5.95 Å². The molecule has 0 aliphatic rings. The van der Waals surface area contributed by atoms with Crippen LogP contribution in [0.5, 0.6) is 0 Å². The number of hydrogen-bond acceptors (Lipinski definition) is 6. The van der Waals surface area contributed by atoms with Gasteiger partial charge in [-0.15, -0.1) is 5.10 Å². The number of likely N-dealkylation sites (N-methyl/N-ethyl adjacent to an activating group) is 1. The van der Waals surface area contributed by atoms with Crippen LogP contribution in [0.25, 0.3) is 0 Å². The first-order chi connectivity index (χ1) is 12.6. The Morgan fingerprint density at radius 2 is 1.85 bits per heavy atom. The van der Waals surface area contributed by atoms with Crippen LogP contribution in [0.3, 0.4) is 0 Å². The zero-order chi connectivity index (χ0) is 18.4. The molecule has 3 rings (SSSR count). The van der Waals surface area contributed by atoms with E-state index in [4.69, 9.17) is 0 Å². The molecule has 0 unspecified atom stereocenters. The number of aromatic nitrogens is 4. The third kappa shape index (κ3) is 4.53. The third-order valence-corrected chi connectivity index (χ3v) is 4.25. The van der Waals surface area contributed by atoms with E-state index in [9.17, 15) is 0 Å². The van der Waals surface area contributed by atoms with Gasteiger partial charge in [0.25, 0.3) is 0 Å². The Labute approximate surface area is 154 Å². The fourth-order valence-corrected chi connectivity index (χ4v) is 2.73. The average molecular weight is 348 g/mol. The minimum atomic E-state index is 0.415. The molecule has 0 bridgehead atoms. The fraction of sp³-hybridized carbons (Fsp3) is 0.300. The van der Waals surface area contributed by atoms with Gasteiger partial charge in [-0.2, -0.15) is 10.1 Å². The first-order valence-corrected chi connectivity index (χ1v) is 8.79. The predicted molar refractivity (Wildman–Crippen MR) is 105 cm³/mol. The first-order valence-electron chi connectivity index (χ1n) is 8.79. The topological polar surface area (TPSA) is 66.8 Å². The van der Waals surface area contributed by atoms with E-state index in [-0.39, 0.29) is 0 Å². The van der Waals surface area contributed by atoms with E-state index >= 15 is 0 Å². The highest BCUT2D eigenvalue weighted by atomic mass is 15.3. The Kier molecular flexibility index (Phi) is 5.73. The maximum absolute atomic E-state index is 4.61. The second-order valence-corrected chi connectivity index (χ2v) is 6.53. The molecule has 0 radical (unpaired) electrons. The SMILES string of the molecule is CC(C)c1ccccc1Nc1nncc(N(C)CCc2ccncc2)n1. The maximum atomic E-state index is 4.61. The largest absolute Gasteiger partial charge is 0.358 e. The van der Waals surface area contributed by atoms with Crippen LogP contribution in [0.4, 0.5) is 17.5 Å². The minimum Gasteiger partial charge on any atom is -0.358 e. The van der Waals surface area contributed by atoms with Gasteiger partial charge in [0.1, 0.15) is 0 Å². The molecular formula is C20H24N6. The number of benzene rings is 1. The van der Waals surface area contributed by atoms with Crippen molar-refractivity contribution in [3.63, 3.8) is 0 Å². The number of rotatable bonds is 7. The van der Waals surface area contributed by atoms with Gasteiger partial charge < -0.3 is 10.2 Å². The molecule has 0 fully saturated rings. The van der Waals surface area contributed by atoms with Crippen molar-refractivity contribution in [2.24, 2.45) is 0 Å². The van der Waals surface area contributed by atoms with Crippen molar-refractivity contribution in [3.05, 3.63) is 66.1 Å². The van der Waals surface area contributed by atoms with Gasteiger partial charge in [0.05, 0.1) is 6.20 Å². The number of nitrogens with one attached hydrogen (secondary N) is 1. The molecule has 134 valence electrons. The van der Waals surface area contributed by atoms with Crippen molar-refractivity contribution in [1.82, 2.24) is 20.2 Å². The molecule has 0 saturated carbocycles. The van der Waals surface area contributed by atoms with E-state index in [1.54, 1.807) is 6.20 Å². The molecule has 1 aromatic carbocycles. The summed E-state index contributed by atoms with van der Waals surface area (Å²) < 4.78 is 0. The van der Waals surface area contributed by atoms with E-state index in [1.807, 2.05) is 49.8 Å². The number of hydrogen-bond donors (Lipinski definition) is 1. The van der Waals surface area contributed by atoms with Gasteiger partial charge in [-0.3, -0.25) is 4.98 Å². The van der Waals surface area contributed by atoms with Gasteiger partial charge in [-0.05, 0) is 41.7 Å². The fourth-order valence-electron chi connectivity index (χ4n) is 2.73. The molecule has 0 aliphatic heterocycles. The molecular weight excluding hydrogens is 324 g/mol. The van der Waals surface area contributed by atoms with E-state index in [1.165, 1.54) is 11.1 Å². The molecule has 1 N–H and O–H groups in total. The first kappa shape index (κ1) is 17.8. The van der Waals surface area contributed by atoms with Crippen LogP contribution < -0.4 is 10.2 Å². The standard InChI is InChI=1S/C20H24N6/c1-15(2)17-6-4-5-7-18(17)23-20-24-19(14-22-25-20)26(3)13-10-16-8-11-21-12-9-16/h4-9,11-12,14-15H,10,13H2,1-3H3,(H,23,24,25). The number of para-hydroxylation sites is 1. The molecule has 6 heteroatoms. The van der Waals surface area contributed by atoms with E-state index in [0.29, 0.717) is 11.9 Å². The van der Waals surface area contributed by atoms with Gasteiger partial charge in [-0.1, -0.05) is 32.0 Å². The van der Waals surface area contributed by atoms with E-state index in [2.05, 4.69) is 50.3 Å². The van der Waals surface area contributed by atoms with Crippen LogP contribution in [0.15, 0.2) is 55.0 Å². The summed E-state index contributed by atoms with van der Waals surface area (Å²) in [6, 6.07) is 12.3. The van der Waals surface area contributed by atoms with Crippen molar-refractivity contribution < 1.29 is 0 Å². The second kappa shape index (κ2) is 8.38. The lowest BCUT2D eigenvalue weighted by Crippen LogP contribution is -2.22. The molecule has 0 amide bonds. The van der Waals surface area contributed by atoms with Gasteiger partial charge in [0, 0.05) is 31.7 Å². The van der Waals surface area contributed by atoms with Crippen LogP contribution in [0.2, 0.25) is 0 Å². The van der Waals surface area contributed by atoms with Crippen molar-refractivity contribution in [3.8, 4) is 0 Å². The van der Waals surface area contributed by atoms with Crippen LogP contribution in [-0.2, 0) is 6.42 Å². The van der Waals surface area contributed by atoms with Crippen LogP contribution >= 0.6 is 0 Å². The van der Waals surface area contributed by atoms with Gasteiger partial charge >= 0.3 is 0 Å². The van der Waals surface area contributed by atoms with E-state index < -0.39 is 0 Å². The van der Waals surface area contributed by atoms with E-state index in [0.717, 1.165) is 24.5 Å². The summed E-state index contributed by atoms with van der Waals surface area (Å²) in [5.41, 5.74) is 3.49. The van der Waals surface area contributed by atoms with Crippen molar-refractivity contribution in [2.75, 3.05) is 23.8 Å². The number of nitrogens with zero attached hydrogens (tertiary/aromatic N) is 5. The second-order valence-electron chi connectivity index (χ2n) is 6.53. The summed E-state index contributed by atoms with van der Waals surface area (Å²) >= 11 is 0. The Bertz CT molecular complexity index is 834. The highest BCUT2D eigenvalue weighted by Gasteiger charge is 2.10. The molecule has 0 atom stereocenters. The molecule has 2 heterocycles. The van der Waals surface area contributed by atoms with Crippen molar-refractivity contribution >= 4 is 17.5 Å². The molecule has 26 heavy (non-hydrogen) atoms. The van der Waals surface area contributed by atoms with Crippen LogP contribution in [0, 0.1) is 0 Å². The molecule has 2 aromatic heterocycles. The molecule has 0 aliphatic carbocycles. The zero-order valence-electron chi connectivity index (χ0n) is 15.4. The average Bonchev–Trinajstić information content (AvgIpc) is 2.67. The number of pyridine rings is 1. The molecule has 0 spiro atoms. The predicted octanol–water partition coefficient (Wildman–Crippen LogP) is 3.81.